The summed E-state index contributed by atoms with van der Waals surface area (Å²) in [6, 6.07) is 7.09. The van der Waals surface area contributed by atoms with Gasteiger partial charge in [-0.1, -0.05) is 23.2 Å². The van der Waals surface area contributed by atoms with Gasteiger partial charge in [0.1, 0.15) is 11.5 Å². The number of amides is 1. The van der Waals surface area contributed by atoms with Gasteiger partial charge < -0.3 is 4.42 Å². The molecule has 0 spiro atoms. The molecular weight excluding hydrogens is 319 g/mol. The fourth-order valence-electron chi connectivity index (χ4n) is 1.64. The molecule has 1 aromatic carbocycles. The van der Waals surface area contributed by atoms with E-state index in [2.05, 4.69) is 5.43 Å². The number of halogens is 2. The molecule has 20 heavy (non-hydrogen) atoms. The van der Waals surface area contributed by atoms with Crippen LogP contribution in [0.15, 0.2) is 33.6 Å². The van der Waals surface area contributed by atoms with E-state index < -0.39 is 0 Å². The van der Waals surface area contributed by atoms with Gasteiger partial charge in [-0.2, -0.15) is 0 Å². The molecule has 2 rings (SSSR count). The normalized spacial score (nSPS) is 10.6. The first-order valence-electron chi connectivity index (χ1n) is 5.69. The fraction of sp³-hybridized carbons (Fsp3) is 0.154. The molecule has 1 aromatic heterocycles. The standard InChI is InChI=1S/C13H12Cl2N2O2S/c1-7-10(13(18)17-16)4-8(19-7)6-20-9-2-3-11(14)12(15)5-9/h2-5H,6,16H2,1H3,(H,17,18). The van der Waals surface area contributed by atoms with Crippen LogP contribution in [0.5, 0.6) is 0 Å². The molecule has 7 heteroatoms. The second kappa shape index (κ2) is 6.54. The zero-order chi connectivity index (χ0) is 14.7. The van der Waals surface area contributed by atoms with Crippen molar-refractivity contribution in [1.29, 1.82) is 0 Å². The van der Waals surface area contributed by atoms with Crippen LogP contribution in [0.25, 0.3) is 0 Å². The van der Waals surface area contributed by atoms with Crippen molar-refractivity contribution < 1.29 is 9.21 Å². The summed E-state index contributed by atoms with van der Waals surface area (Å²) in [5.74, 6) is 6.55. The summed E-state index contributed by atoms with van der Waals surface area (Å²) in [6.45, 7) is 1.72. The third-order valence-electron chi connectivity index (χ3n) is 2.62. The maximum Gasteiger partial charge on any atom is 0.268 e. The molecule has 0 bridgehead atoms. The quantitative estimate of drug-likeness (QED) is 0.387. The first-order valence-corrected chi connectivity index (χ1v) is 7.43. The number of carbonyl (C=O) groups excluding carboxylic acids is 1. The van der Waals surface area contributed by atoms with E-state index in [9.17, 15) is 4.79 Å². The Balaban J connectivity index is 2.07. The molecule has 0 saturated carbocycles. The molecule has 0 aliphatic heterocycles. The third kappa shape index (κ3) is 3.49. The molecule has 1 amide bonds. The summed E-state index contributed by atoms with van der Waals surface area (Å²) in [5, 5.41) is 1.03. The van der Waals surface area contributed by atoms with Gasteiger partial charge >= 0.3 is 0 Å². The number of hydrazine groups is 1. The van der Waals surface area contributed by atoms with Crippen molar-refractivity contribution in [3.05, 3.63) is 51.4 Å². The summed E-state index contributed by atoms with van der Waals surface area (Å²) >= 11 is 13.3. The number of nitrogens with two attached hydrogens (primary N) is 1. The van der Waals surface area contributed by atoms with Gasteiger partial charge in [0.2, 0.25) is 0 Å². The minimum atomic E-state index is -0.364. The monoisotopic (exact) mass is 330 g/mol. The maximum atomic E-state index is 11.5. The van der Waals surface area contributed by atoms with Crippen LogP contribution in [-0.2, 0) is 5.75 Å². The Morgan fingerprint density at radius 1 is 1.35 bits per heavy atom. The summed E-state index contributed by atoms with van der Waals surface area (Å²) in [4.78, 5) is 12.4. The number of thioether (sulfide) groups is 1. The number of hydrogen-bond acceptors (Lipinski definition) is 4. The highest BCUT2D eigenvalue weighted by molar-refractivity contribution is 7.98. The molecule has 0 saturated heterocycles. The van der Waals surface area contributed by atoms with E-state index in [1.807, 2.05) is 6.07 Å². The van der Waals surface area contributed by atoms with Gasteiger partial charge in [0.15, 0.2) is 0 Å². The topological polar surface area (TPSA) is 68.3 Å². The molecule has 0 aliphatic carbocycles. The van der Waals surface area contributed by atoms with Gasteiger partial charge in [0.05, 0.1) is 21.4 Å². The zero-order valence-corrected chi connectivity index (χ0v) is 12.9. The number of furan rings is 1. The van der Waals surface area contributed by atoms with Crippen molar-refractivity contribution in [2.75, 3.05) is 0 Å². The molecule has 0 unspecified atom stereocenters. The van der Waals surface area contributed by atoms with Crippen molar-refractivity contribution in [3.8, 4) is 0 Å². The third-order valence-corrected chi connectivity index (χ3v) is 4.37. The average Bonchev–Trinajstić information content (AvgIpc) is 2.80. The lowest BCUT2D eigenvalue weighted by Gasteiger charge is -2.01. The lowest BCUT2D eigenvalue weighted by atomic mass is 10.2. The van der Waals surface area contributed by atoms with Crippen molar-refractivity contribution in [2.45, 2.75) is 17.6 Å². The molecule has 3 N–H and O–H groups in total. The number of carbonyl (C=O) groups is 1. The summed E-state index contributed by atoms with van der Waals surface area (Å²) in [5.41, 5.74) is 2.53. The zero-order valence-electron chi connectivity index (χ0n) is 10.6. The molecule has 0 atom stereocenters. The Bertz CT molecular complexity index is 643. The Morgan fingerprint density at radius 3 is 2.75 bits per heavy atom. The maximum absolute atomic E-state index is 11.5. The number of benzene rings is 1. The molecule has 1 heterocycles. The van der Waals surface area contributed by atoms with Gasteiger partial charge in [-0.05, 0) is 31.2 Å². The van der Waals surface area contributed by atoms with Gasteiger partial charge in [0, 0.05) is 4.90 Å². The van der Waals surface area contributed by atoms with Crippen molar-refractivity contribution >= 4 is 40.9 Å². The Hall–Kier alpha value is -1.14. The van der Waals surface area contributed by atoms with Gasteiger partial charge in [-0.15, -0.1) is 11.8 Å². The van der Waals surface area contributed by atoms with E-state index >= 15 is 0 Å². The predicted octanol–water partition coefficient (Wildman–Crippen LogP) is 3.79. The van der Waals surface area contributed by atoms with Gasteiger partial charge in [-0.25, -0.2) is 5.84 Å². The largest absolute Gasteiger partial charge is 0.465 e. The SMILES string of the molecule is Cc1oc(CSc2ccc(Cl)c(Cl)c2)cc1C(=O)NN. The minimum absolute atomic E-state index is 0.364. The number of hydrogen-bond donors (Lipinski definition) is 2. The average molecular weight is 331 g/mol. The summed E-state index contributed by atoms with van der Waals surface area (Å²) in [6.07, 6.45) is 0. The molecule has 0 radical (unpaired) electrons. The van der Waals surface area contributed by atoms with Crippen molar-refractivity contribution in [3.63, 3.8) is 0 Å². The van der Waals surface area contributed by atoms with E-state index in [-0.39, 0.29) is 5.91 Å². The molecule has 0 aliphatic rings. The number of nitrogen functional groups attached to an aromatic ring is 1. The molecule has 4 nitrogen and oxygen atoms in total. The van der Waals surface area contributed by atoms with E-state index in [4.69, 9.17) is 33.5 Å². The first kappa shape index (κ1) is 15.3. The highest BCUT2D eigenvalue weighted by Gasteiger charge is 2.14. The summed E-state index contributed by atoms with van der Waals surface area (Å²) in [7, 11) is 0. The van der Waals surface area contributed by atoms with Gasteiger partial charge in [0.25, 0.3) is 5.91 Å². The number of aryl methyl sites for hydroxylation is 1. The van der Waals surface area contributed by atoms with E-state index in [1.165, 1.54) is 11.8 Å². The smallest absolute Gasteiger partial charge is 0.268 e. The van der Waals surface area contributed by atoms with Gasteiger partial charge in [-0.3, -0.25) is 10.2 Å². The minimum Gasteiger partial charge on any atom is -0.465 e. The second-order valence-corrected chi connectivity index (χ2v) is 5.88. The van der Waals surface area contributed by atoms with Crippen LogP contribution in [0.4, 0.5) is 0 Å². The highest BCUT2D eigenvalue weighted by atomic mass is 35.5. The van der Waals surface area contributed by atoms with Crippen LogP contribution in [0.3, 0.4) is 0 Å². The van der Waals surface area contributed by atoms with Crippen LogP contribution in [0.2, 0.25) is 10.0 Å². The molecule has 0 fully saturated rings. The van der Waals surface area contributed by atoms with E-state index in [0.29, 0.717) is 32.9 Å². The predicted molar refractivity (Wildman–Crippen MR) is 81.1 cm³/mol. The Labute approximate surface area is 130 Å². The molecule has 2 aromatic rings. The number of nitrogens with one attached hydrogen (secondary N) is 1. The van der Waals surface area contributed by atoms with Crippen LogP contribution in [0.1, 0.15) is 21.9 Å². The molecule has 106 valence electrons. The van der Waals surface area contributed by atoms with Crippen LogP contribution < -0.4 is 11.3 Å². The van der Waals surface area contributed by atoms with E-state index in [0.717, 1.165) is 4.90 Å². The van der Waals surface area contributed by atoms with E-state index in [1.54, 1.807) is 25.1 Å². The van der Waals surface area contributed by atoms with Crippen molar-refractivity contribution in [1.82, 2.24) is 5.43 Å². The lowest BCUT2D eigenvalue weighted by Crippen LogP contribution is -2.30. The van der Waals surface area contributed by atoms with Crippen LogP contribution in [-0.4, -0.2) is 5.91 Å². The van der Waals surface area contributed by atoms with Crippen molar-refractivity contribution in [2.24, 2.45) is 5.84 Å². The first-order chi connectivity index (χ1) is 9.51. The Morgan fingerprint density at radius 2 is 2.10 bits per heavy atom. The fourth-order valence-corrected chi connectivity index (χ4v) is 2.82. The molecular formula is C13H12Cl2N2O2S. The Kier molecular flexibility index (Phi) is 4.99. The number of rotatable bonds is 4. The summed E-state index contributed by atoms with van der Waals surface area (Å²) < 4.78 is 5.52. The lowest BCUT2D eigenvalue weighted by molar-refractivity contribution is 0.0952. The van der Waals surface area contributed by atoms with Crippen LogP contribution in [0, 0.1) is 6.92 Å². The van der Waals surface area contributed by atoms with Crippen LogP contribution >= 0.6 is 35.0 Å². The highest BCUT2D eigenvalue weighted by Crippen LogP contribution is 2.30. The second-order valence-electron chi connectivity index (χ2n) is 4.02.